The molecule has 0 aromatic heterocycles. The van der Waals surface area contributed by atoms with Crippen LogP contribution in [-0.4, -0.2) is 7.11 Å². The third-order valence-corrected chi connectivity index (χ3v) is 2.91. The van der Waals surface area contributed by atoms with Gasteiger partial charge in [-0.2, -0.15) is 0 Å². The van der Waals surface area contributed by atoms with Gasteiger partial charge in [-0.25, -0.2) is 0 Å². The first-order valence-electron chi connectivity index (χ1n) is 5.67. The van der Waals surface area contributed by atoms with Crippen LogP contribution >= 0.6 is 0 Å². The molecular weight excluding hydrogens is 226 g/mol. The van der Waals surface area contributed by atoms with Crippen molar-refractivity contribution in [1.82, 2.24) is 0 Å². The summed E-state index contributed by atoms with van der Waals surface area (Å²) in [5, 5.41) is 0. The predicted octanol–water partition coefficient (Wildman–Crippen LogP) is 2.03. The summed E-state index contributed by atoms with van der Waals surface area (Å²) in [5.41, 5.74) is 21.7. The van der Waals surface area contributed by atoms with E-state index in [0.717, 1.165) is 16.8 Å². The van der Waals surface area contributed by atoms with Crippen LogP contribution in [0.3, 0.4) is 0 Å². The number of nitrogens with two attached hydrogens (primary N) is 3. The number of methoxy groups -OCH3 is 1. The first-order valence-corrected chi connectivity index (χ1v) is 5.67. The Bertz CT molecular complexity index is 567. The Kier molecular flexibility index (Phi) is 3.28. The number of benzene rings is 2. The Hall–Kier alpha value is -2.36. The maximum Gasteiger partial charge on any atom is 0.142 e. The van der Waals surface area contributed by atoms with Crippen molar-refractivity contribution >= 4 is 17.1 Å². The van der Waals surface area contributed by atoms with Gasteiger partial charge in [0.1, 0.15) is 5.75 Å². The molecule has 94 valence electrons. The molecule has 0 aliphatic rings. The summed E-state index contributed by atoms with van der Waals surface area (Å²) >= 11 is 0. The molecule has 0 heterocycles. The average Bonchev–Trinajstić information content (AvgIpc) is 2.35. The van der Waals surface area contributed by atoms with E-state index in [1.54, 1.807) is 19.2 Å². The van der Waals surface area contributed by atoms with Crippen molar-refractivity contribution in [3.8, 4) is 5.75 Å². The minimum atomic E-state index is 0.583. The van der Waals surface area contributed by atoms with Gasteiger partial charge in [-0.3, -0.25) is 0 Å². The molecule has 0 fully saturated rings. The molecule has 0 aliphatic heterocycles. The molecule has 18 heavy (non-hydrogen) atoms. The van der Waals surface area contributed by atoms with Crippen LogP contribution in [0.2, 0.25) is 0 Å². The zero-order valence-electron chi connectivity index (χ0n) is 10.3. The quantitative estimate of drug-likeness (QED) is 0.720. The minimum Gasteiger partial charge on any atom is -0.495 e. The molecule has 0 radical (unpaired) electrons. The van der Waals surface area contributed by atoms with Crippen molar-refractivity contribution in [1.29, 1.82) is 0 Å². The number of hydrogen-bond acceptors (Lipinski definition) is 4. The molecule has 2 aromatic carbocycles. The number of ether oxygens (including phenoxy) is 1. The highest BCUT2D eigenvalue weighted by atomic mass is 16.5. The zero-order chi connectivity index (χ0) is 13.1. The minimum absolute atomic E-state index is 0.583. The lowest BCUT2D eigenvalue weighted by Gasteiger charge is -2.13. The van der Waals surface area contributed by atoms with Crippen LogP contribution < -0.4 is 21.9 Å². The van der Waals surface area contributed by atoms with Crippen molar-refractivity contribution in [3.63, 3.8) is 0 Å². The summed E-state index contributed by atoms with van der Waals surface area (Å²) < 4.78 is 5.20. The monoisotopic (exact) mass is 243 g/mol. The fraction of sp³-hybridized carbons (Fsp3) is 0.143. The van der Waals surface area contributed by atoms with E-state index >= 15 is 0 Å². The SMILES string of the molecule is COc1ccc(N)c(Cc2cccc(N)c2)c1N. The topological polar surface area (TPSA) is 87.3 Å². The van der Waals surface area contributed by atoms with Crippen molar-refractivity contribution in [2.24, 2.45) is 0 Å². The molecule has 0 unspecified atom stereocenters. The lowest BCUT2D eigenvalue weighted by molar-refractivity contribution is 0.416. The van der Waals surface area contributed by atoms with E-state index in [0.29, 0.717) is 23.5 Å². The van der Waals surface area contributed by atoms with Gasteiger partial charge < -0.3 is 21.9 Å². The van der Waals surface area contributed by atoms with Crippen LogP contribution in [-0.2, 0) is 6.42 Å². The van der Waals surface area contributed by atoms with E-state index in [4.69, 9.17) is 21.9 Å². The Morgan fingerprint density at radius 3 is 2.50 bits per heavy atom. The molecule has 0 bridgehead atoms. The Morgan fingerprint density at radius 2 is 1.83 bits per heavy atom. The van der Waals surface area contributed by atoms with Gasteiger partial charge in [0, 0.05) is 23.4 Å². The third-order valence-electron chi connectivity index (χ3n) is 2.91. The molecule has 0 saturated carbocycles. The fourth-order valence-corrected chi connectivity index (χ4v) is 1.94. The number of nitrogen functional groups attached to an aromatic ring is 3. The highest BCUT2D eigenvalue weighted by molar-refractivity contribution is 5.69. The van der Waals surface area contributed by atoms with Crippen LogP contribution in [0.1, 0.15) is 11.1 Å². The van der Waals surface area contributed by atoms with Crippen molar-refractivity contribution in [2.75, 3.05) is 24.3 Å². The highest BCUT2D eigenvalue weighted by Gasteiger charge is 2.10. The number of rotatable bonds is 3. The smallest absolute Gasteiger partial charge is 0.142 e. The molecule has 0 saturated heterocycles. The van der Waals surface area contributed by atoms with Crippen molar-refractivity contribution < 1.29 is 4.74 Å². The lowest BCUT2D eigenvalue weighted by atomic mass is 10.0. The van der Waals surface area contributed by atoms with Gasteiger partial charge in [-0.1, -0.05) is 12.1 Å². The van der Waals surface area contributed by atoms with E-state index in [-0.39, 0.29) is 0 Å². The van der Waals surface area contributed by atoms with E-state index in [9.17, 15) is 0 Å². The lowest BCUT2D eigenvalue weighted by Crippen LogP contribution is -2.03. The summed E-state index contributed by atoms with van der Waals surface area (Å²) in [4.78, 5) is 0. The Morgan fingerprint density at radius 1 is 1.06 bits per heavy atom. The third kappa shape index (κ3) is 2.32. The number of hydrogen-bond donors (Lipinski definition) is 3. The summed E-state index contributed by atoms with van der Waals surface area (Å²) in [6.07, 6.45) is 0.639. The van der Waals surface area contributed by atoms with Crippen LogP contribution in [0.5, 0.6) is 5.75 Å². The highest BCUT2D eigenvalue weighted by Crippen LogP contribution is 2.31. The Balaban J connectivity index is 2.39. The van der Waals surface area contributed by atoms with E-state index < -0.39 is 0 Å². The van der Waals surface area contributed by atoms with Crippen LogP contribution in [0.4, 0.5) is 17.1 Å². The second-order valence-corrected chi connectivity index (χ2v) is 4.17. The second kappa shape index (κ2) is 4.87. The van der Waals surface area contributed by atoms with E-state index in [2.05, 4.69) is 0 Å². The van der Waals surface area contributed by atoms with Gasteiger partial charge in [-0.05, 0) is 29.8 Å². The second-order valence-electron chi connectivity index (χ2n) is 4.17. The van der Waals surface area contributed by atoms with Gasteiger partial charge in [0.05, 0.1) is 12.8 Å². The van der Waals surface area contributed by atoms with Crippen LogP contribution in [0.15, 0.2) is 36.4 Å². The molecular formula is C14H17N3O. The molecule has 2 rings (SSSR count). The molecule has 0 spiro atoms. The summed E-state index contributed by atoms with van der Waals surface area (Å²) in [5.74, 6) is 0.642. The van der Waals surface area contributed by atoms with E-state index in [1.165, 1.54) is 0 Å². The summed E-state index contributed by atoms with van der Waals surface area (Å²) in [6.45, 7) is 0. The summed E-state index contributed by atoms with van der Waals surface area (Å²) in [7, 11) is 1.59. The zero-order valence-corrected chi connectivity index (χ0v) is 10.3. The molecule has 4 heteroatoms. The largest absolute Gasteiger partial charge is 0.495 e. The Labute approximate surface area is 106 Å². The first-order chi connectivity index (χ1) is 8.61. The number of anilines is 3. The van der Waals surface area contributed by atoms with Gasteiger partial charge >= 0.3 is 0 Å². The van der Waals surface area contributed by atoms with Gasteiger partial charge in [0.15, 0.2) is 0 Å². The molecule has 4 nitrogen and oxygen atoms in total. The predicted molar refractivity (Wildman–Crippen MR) is 75.5 cm³/mol. The van der Waals surface area contributed by atoms with Crippen LogP contribution in [0.25, 0.3) is 0 Å². The summed E-state index contributed by atoms with van der Waals surface area (Å²) in [6, 6.07) is 11.2. The van der Waals surface area contributed by atoms with Crippen molar-refractivity contribution in [2.45, 2.75) is 6.42 Å². The van der Waals surface area contributed by atoms with E-state index in [1.807, 2.05) is 24.3 Å². The van der Waals surface area contributed by atoms with Crippen LogP contribution in [0, 0.1) is 0 Å². The van der Waals surface area contributed by atoms with Gasteiger partial charge in [-0.15, -0.1) is 0 Å². The fourth-order valence-electron chi connectivity index (χ4n) is 1.94. The molecule has 2 aromatic rings. The standard InChI is InChI=1S/C14H17N3O/c1-18-13-6-5-12(16)11(14(13)17)8-9-3-2-4-10(15)7-9/h2-7H,8,15-17H2,1H3. The molecule has 0 amide bonds. The average molecular weight is 243 g/mol. The maximum absolute atomic E-state index is 6.04. The molecule has 0 aliphatic carbocycles. The maximum atomic E-state index is 6.04. The normalized spacial score (nSPS) is 10.3. The van der Waals surface area contributed by atoms with Gasteiger partial charge in [0.2, 0.25) is 0 Å². The first kappa shape index (κ1) is 12.1. The molecule has 0 atom stereocenters. The van der Waals surface area contributed by atoms with Crippen molar-refractivity contribution in [3.05, 3.63) is 47.5 Å². The molecule has 6 N–H and O–H groups in total. The van der Waals surface area contributed by atoms with Gasteiger partial charge in [0.25, 0.3) is 0 Å².